The molecule has 0 amide bonds. The summed E-state index contributed by atoms with van der Waals surface area (Å²) in [6, 6.07) is 7.35. The number of piperidine rings is 1. The van der Waals surface area contributed by atoms with Crippen LogP contribution in [0.15, 0.2) is 29.3 Å². The smallest absolute Gasteiger partial charge is 0.191 e. The molecule has 1 aromatic rings. The van der Waals surface area contributed by atoms with Crippen LogP contribution in [0, 0.1) is 5.82 Å². The summed E-state index contributed by atoms with van der Waals surface area (Å²) >= 11 is 0. The first kappa shape index (κ1) is 24.1. The van der Waals surface area contributed by atoms with Crippen LogP contribution in [0.25, 0.3) is 0 Å². The van der Waals surface area contributed by atoms with Crippen LogP contribution in [0.3, 0.4) is 0 Å². The number of likely N-dealkylation sites (tertiary alicyclic amines) is 1. The molecule has 2 rings (SSSR count). The molecule has 7 heteroatoms. The highest BCUT2D eigenvalue weighted by molar-refractivity contribution is 14.0. The normalized spacial score (nSPS) is 17.5. The molecule has 1 fully saturated rings. The van der Waals surface area contributed by atoms with E-state index in [0.29, 0.717) is 12.6 Å². The predicted octanol–water partition coefficient (Wildman–Crippen LogP) is 3.09. The van der Waals surface area contributed by atoms with Crippen LogP contribution < -0.4 is 10.6 Å². The van der Waals surface area contributed by atoms with Crippen molar-refractivity contribution < 1.29 is 4.39 Å². The van der Waals surface area contributed by atoms with Gasteiger partial charge in [-0.2, -0.15) is 0 Å². The highest BCUT2D eigenvalue weighted by Gasteiger charge is 2.20. The van der Waals surface area contributed by atoms with E-state index in [9.17, 15) is 4.39 Å². The van der Waals surface area contributed by atoms with Gasteiger partial charge in [-0.1, -0.05) is 19.1 Å². The third-order valence-corrected chi connectivity index (χ3v) is 5.03. The zero-order valence-corrected chi connectivity index (χ0v) is 19.4. The molecule has 0 bridgehead atoms. The average Bonchev–Trinajstić information content (AvgIpc) is 2.63. The predicted molar refractivity (Wildman–Crippen MR) is 122 cm³/mol. The fourth-order valence-corrected chi connectivity index (χ4v) is 3.48. The van der Waals surface area contributed by atoms with E-state index >= 15 is 0 Å². The van der Waals surface area contributed by atoms with E-state index in [1.165, 1.54) is 25.1 Å². The Morgan fingerprint density at radius 1 is 1.26 bits per heavy atom. The molecule has 2 N–H and O–H groups in total. The van der Waals surface area contributed by atoms with Crippen LogP contribution in [-0.4, -0.2) is 69.1 Å². The van der Waals surface area contributed by atoms with E-state index in [1.807, 2.05) is 33.3 Å². The van der Waals surface area contributed by atoms with Crippen LogP contribution in [0.1, 0.15) is 37.8 Å². The van der Waals surface area contributed by atoms with Crippen LogP contribution in [0.5, 0.6) is 0 Å². The van der Waals surface area contributed by atoms with Crippen molar-refractivity contribution in [2.45, 2.75) is 38.3 Å². The molecule has 0 aliphatic carbocycles. The molecular weight excluding hydrogens is 456 g/mol. The molecule has 1 aliphatic heterocycles. The van der Waals surface area contributed by atoms with E-state index in [1.54, 1.807) is 0 Å². The SMILES string of the molecule is CCCN1CCC(NC(=NC)NCC(c2ccc(F)cc2)N(C)C)CC1.I. The van der Waals surface area contributed by atoms with Crippen molar-refractivity contribution in [3.8, 4) is 0 Å². The van der Waals surface area contributed by atoms with E-state index in [4.69, 9.17) is 0 Å². The van der Waals surface area contributed by atoms with Gasteiger partial charge in [0.1, 0.15) is 5.82 Å². The third-order valence-electron chi connectivity index (χ3n) is 5.03. The summed E-state index contributed by atoms with van der Waals surface area (Å²) in [7, 11) is 5.88. The molecule has 1 aromatic carbocycles. The van der Waals surface area contributed by atoms with Crippen molar-refractivity contribution >= 4 is 29.9 Å². The van der Waals surface area contributed by atoms with Crippen molar-refractivity contribution in [2.75, 3.05) is 47.3 Å². The van der Waals surface area contributed by atoms with Crippen LogP contribution in [0.4, 0.5) is 4.39 Å². The van der Waals surface area contributed by atoms with Gasteiger partial charge in [0, 0.05) is 32.7 Å². The van der Waals surface area contributed by atoms with E-state index in [-0.39, 0.29) is 35.8 Å². The van der Waals surface area contributed by atoms with Gasteiger partial charge in [-0.05, 0) is 57.6 Å². The number of nitrogens with zero attached hydrogens (tertiary/aromatic N) is 3. The van der Waals surface area contributed by atoms with Gasteiger partial charge in [0.15, 0.2) is 5.96 Å². The lowest BCUT2D eigenvalue weighted by atomic mass is 10.0. The molecule has 0 spiro atoms. The van der Waals surface area contributed by atoms with Gasteiger partial charge in [0.05, 0.1) is 6.04 Å². The van der Waals surface area contributed by atoms with Crippen molar-refractivity contribution in [1.82, 2.24) is 20.4 Å². The largest absolute Gasteiger partial charge is 0.354 e. The Morgan fingerprint density at radius 2 is 1.89 bits per heavy atom. The monoisotopic (exact) mass is 491 g/mol. The fraction of sp³-hybridized carbons (Fsp3) is 0.650. The first-order valence-corrected chi connectivity index (χ1v) is 9.65. The molecule has 1 atom stereocenters. The zero-order chi connectivity index (χ0) is 18.9. The third kappa shape index (κ3) is 7.91. The number of hydrogen-bond donors (Lipinski definition) is 2. The summed E-state index contributed by atoms with van der Waals surface area (Å²) in [6.45, 7) is 6.45. The number of halogens is 2. The molecule has 0 aromatic heterocycles. The summed E-state index contributed by atoms with van der Waals surface area (Å²) < 4.78 is 13.2. The van der Waals surface area contributed by atoms with Crippen molar-refractivity contribution in [3.05, 3.63) is 35.6 Å². The summed E-state index contributed by atoms with van der Waals surface area (Å²) in [6.07, 6.45) is 3.52. The van der Waals surface area contributed by atoms with Crippen LogP contribution in [-0.2, 0) is 0 Å². The molecule has 1 saturated heterocycles. The van der Waals surface area contributed by atoms with Crippen molar-refractivity contribution in [3.63, 3.8) is 0 Å². The molecule has 0 saturated carbocycles. The lowest BCUT2D eigenvalue weighted by molar-refractivity contribution is 0.206. The van der Waals surface area contributed by atoms with Crippen molar-refractivity contribution in [1.29, 1.82) is 0 Å². The minimum Gasteiger partial charge on any atom is -0.354 e. The Balaban J connectivity index is 0.00000364. The molecule has 0 radical (unpaired) electrons. The quantitative estimate of drug-likeness (QED) is 0.350. The minimum atomic E-state index is -0.203. The van der Waals surface area contributed by atoms with Gasteiger partial charge >= 0.3 is 0 Å². The Bertz CT molecular complexity index is 556. The number of rotatable bonds is 7. The average molecular weight is 491 g/mol. The summed E-state index contributed by atoms with van der Waals surface area (Å²) in [5, 5.41) is 6.99. The second-order valence-electron chi connectivity index (χ2n) is 7.24. The number of benzene rings is 1. The van der Waals surface area contributed by atoms with Gasteiger partial charge < -0.3 is 20.4 Å². The maximum Gasteiger partial charge on any atom is 0.191 e. The Labute approximate surface area is 180 Å². The highest BCUT2D eigenvalue weighted by atomic mass is 127. The zero-order valence-electron chi connectivity index (χ0n) is 17.0. The Morgan fingerprint density at radius 3 is 2.41 bits per heavy atom. The van der Waals surface area contributed by atoms with Gasteiger partial charge in [0.2, 0.25) is 0 Å². The molecule has 1 aliphatic rings. The lowest BCUT2D eigenvalue weighted by Gasteiger charge is -2.33. The number of nitrogens with one attached hydrogen (secondary N) is 2. The molecule has 154 valence electrons. The molecule has 1 heterocycles. The van der Waals surface area contributed by atoms with Gasteiger partial charge in [-0.25, -0.2) is 4.39 Å². The fourth-order valence-electron chi connectivity index (χ4n) is 3.48. The number of guanidine groups is 1. The molecular formula is C20H35FIN5. The summed E-state index contributed by atoms with van der Waals surface area (Å²) in [4.78, 5) is 9.05. The standard InChI is InChI=1S/C20H34FN5.HI/c1-5-12-26-13-10-18(11-14-26)24-20(22-2)23-15-19(25(3)4)16-6-8-17(21)9-7-16;/h6-9,18-19H,5,10-15H2,1-4H3,(H2,22,23,24);1H. The van der Waals surface area contributed by atoms with Gasteiger partial charge in [0.25, 0.3) is 0 Å². The maximum absolute atomic E-state index is 13.2. The Hall–Kier alpha value is -0.930. The van der Waals surface area contributed by atoms with Crippen molar-refractivity contribution in [2.24, 2.45) is 4.99 Å². The summed E-state index contributed by atoms with van der Waals surface area (Å²) in [5.74, 6) is 0.638. The highest BCUT2D eigenvalue weighted by Crippen LogP contribution is 2.18. The van der Waals surface area contributed by atoms with E-state index < -0.39 is 0 Å². The molecule has 27 heavy (non-hydrogen) atoms. The Kier molecular flexibility index (Phi) is 11.2. The molecule has 5 nitrogen and oxygen atoms in total. The van der Waals surface area contributed by atoms with Gasteiger partial charge in [-0.15, -0.1) is 24.0 Å². The number of hydrogen-bond acceptors (Lipinski definition) is 3. The summed E-state index contributed by atoms with van der Waals surface area (Å²) in [5.41, 5.74) is 1.09. The number of aliphatic imine (C=N–C) groups is 1. The number of likely N-dealkylation sites (N-methyl/N-ethyl adjacent to an activating group) is 1. The van der Waals surface area contributed by atoms with E-state index in [0.717, 1.165) is 37.5 Å². The second-order valence-corrected chi connectivity index (χ2v) is 7.24. The maximum atomic E-state index is 13.2. The lowest BCUT2D eigenvalue weighted by Crippen LogP contribution is -2.49. The van der Waals surface area contributed by atoms with Crippen LogP contribution >= 0.6 is 24.0 Å². The molecule has 1 unspecified atom stereocenters. The minimum absolute atomic E-state index is 0. The second kappa shape index (κ2) is 12.5. The first-order chi connectivity index (χ1) is 12.5. The van der Waals surface area contributed by atoms with Crippen LogP contribution in [0.2, 0.25) is 0 Å². The van der Waals surface area contributed by atoms with Gasteiger partial charge in [-0.3, -0.25) is 4.99 Å². The first-order valence-electron chi connectivity index (χ1n) is 9.65. The van der Waals surface area contributed by atoms with E-state index in [2.05, 4.69) is 32.3 Å². The topological polar surface area (TPSA) is 42.9 Å².